The molecule has 0 saturated carbocycles. The van der Waals surface area contributed by atoms with Crippen LogP contribution in [0, 0.1) is 0 Å². The van der Waals surface area contributed by atoms with Crippen LogP contribution in [0.4, 0.5) is 0 Å². The highest BCUT2D eigenvalue weighted by Crippen LogP contribution is 2.22. The quantitative estimate of drug-likeness (QED) is 0.356. The largest absolute Gasteiger partial charge is 0.489 e. The Morgan fingerprint density at radius 3 is 2.29 bits per heavy atom. The highest BCUT2D eigenvalue weighted by molar-refractivity contribution is 5.83. The molecule has 0 radical (unpaired) electrons. The normalized spacial score (nSPS) is 11.2. The van der Waals surface area contributed by atoms with Crippen LogP contribution in [0.2, 0.25) is 0 Å². The predicted octanol–water partition coefficient (Wildman–Crippen LogP) is 7.04. The van der Waals surface area contributed by atoms with Crippen molar-refractivity contribution >= 4 is 16.8 Å². The lowest BCUT2D eigenvalue weighted by Gasteiger charge is -2.12. The maximum Gasteiger partial charge on any atom is 0.119 e. The molecule has 1 nitrogen and oxygen atoms in total. The summed E-state index contributed by atoms with van der Waals surface area (Å²) in [5.41, 5.74) is 5.10. The Morgan fingerprint density at radius 2 is 1.46 bits per heavy atom. The Kier molecular flexibility index (Phi) is 5.53. The second-order valence-electron chi connectivity index (χ2n) is 6.99. The van der Waals surface area contributed by atoms with Crippen molar-refractivity contribution in [1.82, 2.24) is 0 Å². The molecule has 28 heavy (non-hydrogen) atoms. The summed E-state index contributed by atoms with van der Waals surface area (Å²) >= 11 is 0. The molecule has 0 amide bonds. The Labute approximate surface area is 166 Å². The Bertz CT molecular complexity index is 1090. The SMILES string of the molecule is C/C=C/c1ccc(COc2ccccc2)cc1Cc1ccc2ccccc2c1. The fourth-order valence-corrected chi connectivity index (χ4v) is 3.50. The zero-order chi connectivity index (χ0) is 19.2. The van der Waals surface area contributed by atoms with Crippen molar-refractivity contribution in [3.8, 4) is 5.75 Å². The van der Waals surface area contributed by atoms with Crippen molar-refractivity contribution in [3.63, 3.8) is 0 Å². The van der Waals surface area contributed by atoms with Gasteiger partial charge in [-0.25, -0.2) is 0 Å². The number of hydrogen-bond donors (Lipinski definition) is 0. The van der Waals surface area contributed by atoms with E-state index in [2.05, 4.69) is 79.7 Å². The van der Waals surface area contributed by atoms with Gasteiger partial charge in [-0.05, 0) is 58.5 Å². The first-order valence-corrected chi connectivity index (χ1v) is 9.72. The average Bonchev–Trinajstić information content (AvgIpc) is 2.75. The highest BCUT2D eigenvalue weighted by atomic mass is 16.5. The second-order valence-corrected chi connectivity index (χ2v) is 6.99. The number of benzene rings is 4. The van der Waals surface area contributed by atoms with Gasteiger partial charge in [0.25, 0.3) is 0 Å². The lowest BCUT2D eigenvalue weighted by molar-refractivity contribution is 0.306. The summed E-state index contributed by atoms with van der Waals surface area (Å²) in [6, 6.07) is 31.8. The summed E-state index contributed by atoms with van der Waals surface area (Å²) in [5.74, 6) is 0.899. The van der Waals surface area contributed by atoms with E-state index in [-0.39, 0.29) is 0 Å². The van der Waals surface area contributed by atoms with E-state index in [1.165, 1.54) is 33.0 Å². The number of fused-ring (bicyclic) bond motifs is 1. The summed E-state index contributed by atoms with van der Waals surface area (Å²) in [6.45, 7) is 2.64. The van der Waals surface area contributed by atoms with Crippen molar-refractivity contribution in [3.05, 3.63) is 119 Å². The minimum absolute atomic E-state index is 0.574. The summed E-state index contributed by atoms with van der Waals surface area (Å²) in [7, 11) is 0. The second kappa shape index (κ2) is 8.58. The van der Waals surface area contributed by atoms with Gasteiger partial charge >= 0.3 is 0 Å². The molecule has 4 aromatic rings. The average molecular weight is 364 g/mol. The molecule has 0 aliphatic heterocycles. The summed E-state index contributed by atoms with van der Waals surface area (Å²) < 4.78 is 5.94. The monoisotopic (exact) mass is 364 g/mol. The lowest BCUT2D eigenvalue weighted by atomic mass is 9.96. The molecule has 0 bridgehead atoms. The van der Waals surface area contributed by atoms with Gasteiger partial charge in [-0.15, -0.1) is 0 Å². The van der Waals surface area contributed by atoms with Gasteiger partial charge in [0.05, 0.1) is 0 Å². The summed E-state index contributed by atoms with van der Waals surface area (Å²) in [4.78, 5) is 0. The van der Waals surface area contributed by atoms with Crippen LogP contribution in [0.5, 0.6) is 5.75 Å². The molecule has 0 aromatic heterocycles. The molecule has 4 rings (SSSR count). The maximum atomic E-state index is 5.94. The third kappa shape index (κ3) is 4.32. The van der Waals surface area contributed by atoms with Gasteiger partial charge in [0.2, 0.25) is 0 Å². The number of allylic oxidation sites excluding steroid dienone is 1. The Hall–Kier alpha value is -3.32. The first kappa shape index (κ1) is 18.1. The third-order valence-electron chi connectivity index (χ3n) is 4.91. The number of hydrogen-bond acceptors (Lipinski definition) is 1. The summed E-state index contributed by atoms with van der Waals surface area (Å²) in [6.07, 6.45) is 5.18. The zero-order valence-corrected chi connectivity index (χ0v) is 16.1. The Balaban J connectivity index is 1.59. The highest BCUT2D eigenvalue weighted by Gasteiger charge is 2.06. The van der Waals surface area contributed by atoms with Crippen molar-refractivity contribution in [2.45, 2.75) is 20.0 Å². The van der Waals surface area contributed by atoms with E-state index >= 15 is 0 Å². The van der Waals surface area contributed by atoms with E-state index in [1.54, 1.807) is 0 Å². The van der Waals surface area contributed by atoms with E-state index in [0.717, 1.165) is 12.2 Å². The van der Waals surface area contributed by atoms with Gasteiger partial charge in [0, 0.05) is 0 Å². The minimum atomic E-state index is 0.574. The van der Waals surface area contributed by atoms with Crippen LogP contribution in [0.1, 0.15) is 29.2 Å². The predicted molar refractivity (Wildman–Crippen MR) is 119 cm³/mol. The van der Waals surface area contributed by atoms with Gasteiger partial charge in [-0.2, -0.15) is 0 Å². The molecule has 0 unspecified atom stereocenters. The molecule has 138 valence electrons. The van der Waals surface area contributed by atoms with Crippen LogP contribution < -0.4 is 4.74 Å². The summed E-state index contributed by atoms with van der Waals surface area (Å²) in [5, 5.41) is 2.57. The molecule has 1 heteroatoms. The Morgan fingerprint density at radius 1 is 0.714 bits per heavy atom. The molecule has 0 aliphatic carbocycles. The van der Waals surface area contributed by atoms with Gasteiger partial charge in [-0.1, -0.05) is 91.0 Å². The molecular formula is C27H24O. The standard InChI is InChI=1S/C27H24O/c1-2-8-23-16-14-22(20-28-27-11-4-3-5-12-27)19-26(23)18-21-13-15-24-9-6-7-10-25(24)17-21/h2-17,19H,18,20H2,1H3/b8-2+. The third-order valence-corrected chi connectivity index (χ3v) is 4.91. The molecule has 0 spiro atoms. The van der Waals surface area contributed by atoms with Gasteiger partial charge < -0.3 is 4.74 Å². The van der Waals surface area contributed by atoms with Crippen LogP contribution in [0.3, 0.4) is 0 Å². The van der Waals surface area contributed by atoms with Gasteiger partial charge in [0.1, 0.15) is 12.4 Å². The molecular weight excluding hydrogens is 340 g/mol. The molecule has 0 saturated heterocycles. The van der Waals surface area contributed by atoms with E-state index in [1.807, 2.05) is 30.3 Å². The van der Waals surface area contributed by atoms with Gasteiger partial charge in [0.15, 0.2) is 0 Å². The minimum Gasteiger partial charge on any atom is -0.489 e. The fraction of sp³-hybridized carbons (Fsp3) is 0.111. The van der Waals surface area contributed by atoms with E-state index in [9.17, 15) is 0 Å². The van der Waals surface area contributed by atoms with Crippen molar-refractivity contribution < 1.29 is 4.74 Å². The van der Waals surface area contributed by atoms with Crippen molar-refractivity contribution in [1.29, 1.82) is 0 Å². The van der Waals surface area contributed by atoms with E-state index in [4.69, 9.17) is 4.74 Å². The van der Waals surface area contributed by atoms with Gasteiger partial charge in [-0.3, -0.25) is 0 Å². The molecule has 0 aliphatic rings. The molecule has 0 atom stereocenters. The van der Waals surface area contributed by atoms with Crippen LogP contribution in [0.15, 0.2) is 97.1 Å². The van der Waals surface area contributed by atoms with E-state index in [0.29, 0.717) is 6.61 Å². The zero-order valence-electron chi connectivity index (χ0n) is 16.1. The molecule has 0 fully saturated rings. The fourth-order valence-electron chi connectivity index (χ4n) is 3.50. The van der Waals surface area contributed by atoms with E-state index < -0.39 is 0 Å². The van der Waals surface area contributed by atoms with Crippen LogP contribution >= 0.6 is 0 Å². The molecule has 0 heterocycles. The van der Waals surface area contributed by atoms with Crippen LogP contribution in [-0.4, -0.2) is 0 Å². The smallest absolute Gasteiger partial charge is 0.119 e. The number of para-hydroxylation sites is 1. The lowest BCUT2D eigenvalue weighted by Crippen LogP contribution is -1.99. The number of ether oxygens (including phenoxy) is 1. The molecule has 0 N–H and O–H groups in total. The first-order valence-electron chi connectivity index (χ1n) is 9.72. The van der Waals surface area contributed by atoms with Crippen molar-refractivity contribution in [2.75, 3.05) is 0 Å². The van der Waals surface area contributed by atoms with Crippen LogP contribution in [-0.2, 0) is 13.0 Å². The first-order chi connectivity index (χ1) is 13.8. The molecule has 4 aromatic carbocycles. The maximum absolute atomic E-state index is 5.94. The number of rotatable bonds is 6. The topological polar surface area (TPSA) is 9.23 Å². The van der Waals surface area contributed by atoms with Crippen molar-refractivity contribution in [2.24, 2.45) is 0 Å². The van der Waals surface area contributed by atoms with Crippen LogP contribution in [0.25, 0.3) is 16.8 Å².